The molecule has 2 aromatic rings. The Balaban J connectivity index is 2.20. The number of aromatic carboxylic acids is 1. The highest BCUT2D eigenvalue weighted by Gasteiger charge is 2.15. The number of furan rings is 1. The summed E-state index contributed by atoms with van der Waals surface area (Å²) < 4.78 is 43.1. The van der Waals surface area contributed by atoms with E-state index in [2.05, 4.69) is 0 Å². The van der Waals surface area contributed by atoms with Crippen molar-refractivity contribution in [1.82, 2.24) is 0 Å². The van der Waals surface area contributed by atoms with Crippen LogP contribution in [0.15, 0.2) is 39.6 Å². The number of benzene rings is 1. The van der Waals surface area contributed by atoms with E-state index in [0.717, 1.165) is 18.2 Å². The quantitative estimate of drug-likeness (QED) is 0.938. The molecule has 1 N–H and O–H groups in total. The SMILES string of the molecule is O=C(O)c1ccc(CS(=O)c2cc(F)ccc2F)o1. The molecule has 4 nitrogen and oxygen atoms in total. The smallest absolute Gasteiger partial charge is 0.371 e. The topological polar surface area (TPSA) is 67.5 Å². The van der Waals surface area contributed by atoms with Gasteiger partial charge in [0, 0.05) is 0 Å². The van der Waals surface area contributed by atoms with Crippen molar-refractivity contribution in [2.75, 3.05) is 0 Å². The van der Waals surface area contributed by atoms with Crippen LogP contribution in [0.1, 0.15) is 16.3 Å². The minimum absolute atomic E-state index is 0.124. The van der Waals surface area contributed by atoms with Gasteiger partial charge in [0.15, 0.2) is 0 Å². The summed E-state index contributed by atoms with van der Waals surface area (Å²) in [5, 5.41) is 8.65. The van der Waals surface area contributed by atoms with E-state index in [1.54, 1.807) is 0 Å². The van der Waals surface area contributed by atoms with E-state index in [-0.39, 0.29) is 22.2 Å². The van der Waals surface area contributed by atoms with Gasteiger partial charge in [0.2, 0.25) is 5.76 Å². The van der Waals surface area contributed by atoms with Gasteiger partial charge in [-0.15, -0.1) is 0 Å². The standard InChI is InChI=1S/C12H8F2O4S/c13-7-1-3-9(14)11(5-7)19(17)6-8-2-4-10(18-8)12(15)16/h1-5H,6H2,(H,15,16). The van der Waals surface area contributed by atoms with Crippen LogP contribution in [-0.4, -0.2) is 15.3 Å². The zero-order valence-corrected chi connectivity index (χ0v) is 10.2. The first kappa shape index (κ1) is 13.4. The molecule has 0 fully saturated rings. The molecule has 1 aromatic heterocycles. The van der Waals surface area contributed by atoms with Crippen molar-refractivity contribution >= 4 is 16.8 Å². The second-order valence-corrected chi connectivity index (χ2v) is 5.06. The molecule has 0 radical (unpaired) electrons. The lowest BCUT2D eigenvalue weighted by atomic mass is 10.3. The maximum Gasteiger partial charge on any atom is 0.371 e. The van der Waals surface area contributed by atoms with Gasteiger partial charge in [-0.25, -0.2) is 13.6 Å². The zero-order valence-electron chi connectivity index (χ0n) is 9.43. The number of carboxylic acids is 1. The molecule has 19 heavy (non-hydrogen) atoms. The molecule has 0 amide bonds. The van der Waals surface area contributed by atoms with E-state index in [4.69, 9.17) is 9.52 Å². The summed E-state index contributed by atoms with van der Waals surface area (Å²) in [5.41, 5.74) is 0. The molecule has 2 rings (SSSR count). The van der Waals surface area contributed by atoms with Crippen LogP contribution in [0.2, 0.25) is 0 Å². The fraction of sp³-hybridized carbons (Fsp3) is 0.0833. The Kier molecular flexibility index (Phi) is 3.75. The summed E-state index contributed by atoms with van der Waals surface area (Å²) >= 11 is 0. The number of carbonyl (C=O) groups is 1. The highest BCUT2D eigenvalue weighted by atomic mass is 32.2. The lowest BCUT2D eigenvalue weighted by molar-refractivity contribution is 0.0660. The largest absolute Gasteiger partial charge is 0.475 e. The Bertz CT molecular complexity index is 651. The molecular weight excluding hydrogens is 278 g/mol. The van der Waals surface area contributed by atoms with Gasteiger partial charge in [-0.3, -0.25) is 4.21 Å². The van der Waals surface area contributed by atoms with Crippen molar-refractivity contribution in [3.8, 4) is 0 Å². The lowest BCUT2D eigenvalue weighted by Gasteiger charge is -2.02. The first-order chi connectivity index (χ1) is 8.97. The molecule has 7 heteroatoms. The third-order valence-corrected chi connectivity index (χ3v) is 3.63. The van der Waals surface area contributed by atoms with E-state index >= 15 is 0 Å². The minimum Gasteiger partial charge on any atom is -0.475 e. The highest BCUT2D eigenvalue weighted by molar-refractivity contribution is 7.84. The van der Waals surface area contributed by atoms with Gasteiger partial charge in [0.05, 0.1) is 21.4 Å². The Hall–Kier alpha value is -2.02. The molecule has 1 unspecified atom stereocenters. The van der Waals surface area contributed by atoms with Gasteiger partial charge in [-0.2, -0.15) is 0 Å². The van der Waals surface area contributed by atoms with Gasteiger partial charge >= 0.3 is 5.97 Å². The van der Waals surface area contributed by atoms with Crippen molar-refractivity contribution in [2.24, 2.45) is 0 Å². The predicted molar refractivity (Wildman–Crippen MR) is 62.1 cm³/mol. The van der Waals surface area contributed by atoms with E-state index < -0.39 is 28.4 Å². The van der Waals surface area contributed by atoms with Gasteiger partial charge in [-0.05, 0) is 30.3 Å². The van der Waals surface area contributed by atoms with Gasteiger partial charge in [0.25, 0.3) is 0 Å². The Labute approximate surface area is 109 Å². The van der Waals surface area contributed by atoms with Crippen LogP contribution in [0.5, 0.6) is 0 Å². The van der Waals surface area contributed by atoms with Gasteiger partial charge in [0.1, 0.15) is 17.4 Å². The van der Waals surface area contributed by atoms with Crippen molar-refractivity contribution in [1.29, 1.82) is 0 Å². The summed E-state index contributed by atoms with van der Waals surface area (Å²) in [6.07, 6.45) is 0. The van der Waals surface area contributed by atoms with E-state index in [9.17, 15) is 17.8 Å². The Morgan fingerprint density at radius 3 is 2.63 bits per heavy atom. The molecule has 0 aliphatic heterocycles. The van der Waals surface area contributed by atoms with Crippen molar-refractivity contribution < 1.29 is 27.3 Å². The van der Waals surface area contributed by atoms with Crippen LogP contribution in [0.3, 0.4) is 0 Å². The van der Waals surface area contributed by atoms with Crippen LogP contribution in [0, 0.1) is 11.6 Å². The van der Waals surface area contributed by atoms with Crippen molar-refractivity contribution in [3.63, 3.8) is 0 Å². The molecule has 0 spiro atoms. The number of halogens is 2. The number of rotatable bonds is 4. The molecule has 100 valence electrons. The average molecular weight is 286 g/mol. The molecule has 1 heterocycles. The molecule has 0 aliphatic rings. The van der Waals surface area contributed by atoms with E-state index in [0.29, 0.717) is 0 Å². The van der Waals surface area contributed by atoms with Crippen LogP contribution in [-0.2, 0) is 16.6 Å². The van der Waals surface area contributed by atoms with Crippen LogP contribution in [0.4, 0.5) is 8.78 Å². The molecule has 0 saturated carbocycles. The summed E-state index contributed by atoms with van der Waals surface area (Å²) in [4.78, 5) is 10.3. The lowest BCUT2D eigenvalue weighted by Crippen LogP contribution is -1.99. The first-order valence-corrected chi connectivity index (χ1v) is 6.44. The first-order valence-electron chi connectivity index (χ1n) is 5.13. The van der Waals surface area contributed by atoms with Gasteiger partial charge in [-0.1, -0.05) is 0 Å². The van der Waals surface area contributed by atoms with Gasteiger partial charge < -0.3 is 9.52 Å². The normalized spacial score (nSPS) is 12.3. The summed E-state index contributed by atoms with van der Waals surface area (Å²) in [6.45, 7) is 0. The monoisotopic (exact) mass is 286 g/mol. The summed E-state index contributed by atoms with van der Waals surface area (Å²) in [6, 6.07) is 5.18. The van der Waals surface area contributed by atoms with Crippen LogP contribution >= 0.6 is 0 Å². The fourth-order valence-corrected chi connectivity index (χ4v) is 2.53. The summed E-state index contributed by atoms with van der Waals surface area (Å²) in [5.74, 6) is -3.14. The molecular formula is C12H8F2O4S. The molecule has 1 aromatic carbocycles. The highest BCUT2D eigenvalue weighted by Crippen LogP contribution is 2.18. The molecule has 0 bridgehead atoms. The second kappa shape index (κ2) is 5.31. The minimum atomic E-state index is -1.86. The maximum absolute atomic E-state index is 13.4. The van der Waals surface area contributed by atoms with Crippen molar-refractivity contribution in [3.05, 3.63) is 53.5 Å². The number of carboxylic acid groups (broad SMARTS) is 1. The third-order valence-electron chi connectivity index (χ3n) is 2.28. The third kappa shape index (κ3) is 3.05. The Morgan fingerprint density at radius 2 is 2.00 bits per heavy atom. The average Bonchev–Trinajstić information content (AvgIpc) is 2.80. The predicted octanol–water partition coefficient (Wildman–Crippen LogP) is 2.56. The van der Waals surface area contributed by atoms with Crippen molar-refractivity contribution in [2.45, 2.75) is 10.6 Å². The number of hydrogen-bond acceptors (Lipinski definition) is 3. The molecule has 1 atom stereocenters. The van der Waals surface area contributed by atoms with E-state index in [1.807, 2.05) is 0 Å². The fourth-order valence-electron chi connectivity index (χ4n) is 1.43. The van der Waals surface area contributed by atoms with E-state index in [1.165, 1.54) is 12.1 Å². The maximum atomic E-state index is 13.4. The summed E-state index contributed by atoms with van der Waals surface area (Å²) in [7, 11) is -1.86. The van der Waals surface area contributed by atoms with Crippen LogP contribution < -0.4 is 0 Å². The second-order valence-electron chi connectivity index (χ2n) is 3.64. The Morgan fingerprint density at radius 1 is 1.26 bits per heavy atom. The molecule has 0 saturated heterocycles. The number of hydrogen-bond donors (Lipinski definition) is 1. The zero-order chi connectivity index (χ0) is 14.0. The van der Waals surface area contributed by atoms with Crippen LogP contribution in [0.25, 0.3) is 0 Å². The molecule has 0 aliphatic carbocycles.